The molecule has 0 unspecified atom stereocenters. The second kappa shape index (κ2) is 4.35. The first-order chi connectivity index (χ1) is 7.24. The molecule has 0 aliphatic heterocycles. The second-order valence-electron chi connectivity index (χ2n) is 4.33. The predicted molar refractivity (Wildman–Crippen MR) is 62.1 cm³/mol. The van der Waals surface area contributed by atoms with Gasteiger partial charge in [0.25, 0.3) is 0 Å². The molecule has 4 heteroatoms. The molecule has 1 aromatic heterocycles. The molecule has 15 heavy (non-hydrogen) atoms. The maximum atomic E-state index is 5.76. The van der Waals surface area contributed by atoms with E-state index in [1.807, 2.05) is 6.07 Å². The van der Waals surface area contributed by atoms with Gasteiger partial charge in [-0.3, -0.25) is 0 Å². The third-order valence-corrected chi connectivity index (χ3v) is 3.64. The third kappa shape index (κ3) is 2.40. The fourth-order valence-corrected chi connectivity index (χ4v) is 2.22. The van der Waals surface area contributed by atoms with E-state index < -0.39 is 0 Å². The summed E-state index contributed by atoms with van der Waals surface area (Å²) in [7, 11) is 0. The standard InChI is InChI=1S/C11H16ClN3/c1-2-11(4-3-5-11)8-13-9-6-10(12)15-14-7-9/h6-7H,2-5,8H2,1H3,(H,13,15). The highest BCUT2D eigenvalue weighted by Gasteiger charge is 2.34. The van der Waals surface area contributed by atoms with Crippen LogP contribution in [0.15, 0.2) is 12.3 Å². The largest absolute Gasteiger partial charge is 0.383 e. The number of anilines is 1. The molecule has 2 rings (SSSR count). The molecule has 1 aromatic rings. The van der Waals surface area contributed by atoms with Crippen LogP contribution >= 0.6 is 11.6 Å². The lowest BCUT2D eigenvalue weighted by Crippen LogP contribution is -2.35. The lowest BCUT2D eigenvalue weighted by molar-refractivity contribution is 0.145. The van der Waals surface area contributed by atoms with Gasteiger partial charge in [0, 0.05) is 12.6 Å². The monoisotopic (exact) mass is 225 g/mol. The van der Waals surface area contributed by atoms with Gasteiger partial charge >= 0.3 is 0 Å². The van der Waals surface area contributed by atoms with E-state index in [1.165, 1.54) is 25.7 Å². The molecule has 0 aromatic carbocycles. The summed E-state index contributed by atoms with van der Waals surface area (Å²) in [6, 6.07) is 1.82. The lowest BCUT2D eigenvalue weighted by atomic mass is 9.67. The Kier molecular flexibility index (Phi) is 3.10. The molecule has 0 radical (unpaired) electrons. The Balaban J connectivity index is 1.92. The van der Waals surface area contributed by atoms with Crippen LogP contribution < -0.4 is 5.32 Å². The van der Waals surface area contributed by atoms with Gasteiger partial charge in [0.2, 0.25) is 0 Å². The minimum atomic E-state index is 0.444. The number of nitrogens with one attached hydrogen (secondary N) is 1. The molecule has 3 nitrogen and oxygen atoms in total. The molecule has 1 N–H and O–H groups in total. The SMILES string of the molecule is CCC1(CNc2cnnc(Cl)c2)CCC1. The Morgan fingerprint density at radius 3 is 2.87 bits per heavy atom. The van der Waals surface area contributed by atoms with Crippen LogP contribution in [-0.2, 0) is 0 Å². The zero-order valence-electron chi connectivity index (χ0n) is 8.96. The van der Waals surface area contributed by atoms with Crippen molar-refractivity contribution in [1.29, 1.82) is 0 Å². The molecule has 0 bridgehead atoms. The molecule has 0 spiro atoms. The zero-order valence-corrected chi connectivity index (χ0v) is 9.72. The Hall–Kier alpha value is -0.830. The van der Waals surface area contributed by atoms with Crippen molar-refractivity contribution in [2.75, 3.05) is 11.9 Å². The van der Waals surface area contributed by atoms with Crippen molar-refractivity contribution in [3.05, 3.63) is 17.4 Å². The smallest absolute Gasteiger partial charge is 0.153 e. The summed E-state index contributed by atoms with van der Waals surface area (Å²) in [5.74, 6) is 0. The minimum Gasteiger partial charge on any atom is -0.383 e. The summed E-state index contributed by atoms with van der Waals surface area (Å²) in [6.45, 7) is 3.28. The Morgan fingerprint density at radius 1 is 1.53 bits per heavy atom. The molecular weight excluding hydrogens is 210 g/mol. The fourth-order valence-electron chi connectivity index (χ4n) is 2.06. The molecule has 82 valence electrons. The van der Waals surface area contributed by atoms with Gasteiger partial charge in [-0.2, -0.15) is 5.10 Å². The van der Waals surface area contributed by atoms with Crippen molar-refractivity contribution < 1.29 is 0 Å². The van der Waals surface area contributed by atoms with Crippen LogP contribution in [0.2, 0.25) is 5.15 Å². The number of aromatic nitrogens is 2. The molecule has 1 aliphatic rings. The predicted octanol–water partition coefficient (Wildman–Crippen LogP) is 3.12. The highest BCUT2D eigenvalue weighted by atomic mass is 35.5. The molecule has 1 heterocycles. The van der Waals surface area contributed by atoms with Crippen LogP contribution in [0.5, 0.6) is 0 Å². The van der Waals surface area contributed by atoms with Gasteiger partial charge in [-0.25, -0.2) is 0 Å². The summed E-state index contributed by atoms with van der Waals surface area (Å²) in [5.41, 5.74) is 1.48. The van der Waals surface area contributed by atoms with Crippen molar-refractivity contribution in [2.45, 2.75) is 32.6 Å². The number of nitrogens with zero attached hydrogens (tertiary/aromatic N) is 2. The highest BCUT2D eigenvalue weighted by molar-refractivity contribution is 6.29. The molecular formula is C11H16ClN3. The van der Waals surface area contributed by atoms with Gasteiger partial charge in [-0.1, -0.05) is 24.9 Å². The van der Waals surface area contributed by atoms with Crippen molar-refractivity contribution >= 4 is 17.3 Å². The molecule has 0 saturated heterocycles. The van der Waals surface area contributed by atoms with Gasteiger partial charge in [0.05, 0.1) is 11.9 Å². The second-order valence-corrected chi connectivity index (χ2v) is 4.71. The summed E-state index contributed by atoms with van der Waals surface area (Å²) < 4.78 is 0. The Morgan fingerprint density at radius 2 is 2.33 bits per heavy atom. The quantitative estimate of drug-likeness (QED) is 0.856. The average Bonchev–Trinajstić information content (AvgIpc) is 2.17. The van der Waals surface area contributed by atoms with E-state index in [1.54, 1.807) is 6.20 Å². The first-order valence-corrected chi connectivity index (χ1v) is 5.84. The summed E-state index contributed by atoms with van der Waals surface area (Å²) >= 11 is 5.76. The van der Waals surface area contributed by atoms with Crippen LogP contribution in [0.4, 0.5) is 5.69 Å². The van der Waals surface area contributed by atoms with E-state index in [9.17, 15) is 0 Å². The van der Waals surface area contributed by atoms with Gasteiger partial charge < -0.3 is 5.32 Å². The van der Waals surface area contributed by atoms with Crippen LogP contribution in [0.3, 0.4) is 0 Å². The van der Waals surface area contributed by atoms with Gasteiger partial charge in [0.1, 0.15) is 0 Å². The van der Waals surface area contributed by atoms with Crippen molar-refractivity contribution in [3.63, 3.8) is 0 Å². The minimum absolute atomic E-state index is 0.444. The van der Waals surface area contributed by atoms with Crippen LogP contribution in [-0.4, -0.2) is 16.7 Å². The van der Waals surface area contributed by atoms with Crippen molar-refractivity contribution in [1.82, 2.24) is 10.2 Å². The van der Waals surface area contributed by atoms with Crippen LogP contribution in [0, 0.1) is 5.41 Å². The molecule has 1 fully saturated rings. The summed E-state index contributed by atoms with van der Waals surface area (Å²) in [6.07, 6.45) is 7.00. The Bertz CT molecular complexity index is 331. The molecule has 1 aliphatic carbocycles. The molecule has 0 atom stereocenters. The topological polar surface area (TPSA) is 37.8 Å². The van der Waals surface area contributed by atoms with Gasteiger partial charge in [0.15, 0.2) is 5.15 Å². The van der Waals surface area contributed by atoms with Crippen molar-refractivity contribution in [3.8, 4) is 0 Å². The number of hydrogen-bond acceptors (Lipinski definition) is 3. The van der Waals surface area contributed by atoms with E-state index in [-0.39, 0.29) is 0 Å². The van der Waals surface area contributed by atoms with Crippen LogP contribution in [0.25, 0.3) is 0 Å². The Labute approximate surface area is 95.2 Å². The van der Waals surface area contributed by atoms with E-state index in [0.29, 0.717) is 10.6 Å². The maximum Gasteiger partial charge on any atom is 0.153 e. The number of rotatable bonds is 4. The first kappa shape index (κ1) is 10.7. The van der Waals surface area contributed by atoms with Gasteiger partial charge in [-0.05, 0) is 24.7 Å². The maximum absolute atomic E-state index is 5.76. The first-order valence-electron chi connectivity index (χ1n) is 5.46. The normalized spacial score (nSPS) is 18.3. The average molecular weight is 226 g/mol. The lowest BCUT2D eigenvalue weighted by Gasteiger charge is -2.41. The van der Waals surface area contributed by atoms with E-state index in [2.05, 4.69) is 22.4 Å². The highest BCUT2D eigenvalue weighted by Crippen LogP contribution is 2.43. The van der Waals surface area contributed by atoms with E-state index in [0.717, 1.165) is 12.2 Å². The summed E-state index contributed by atoms with van der Waals surface area (Å²) in [4.78, 5) is 0. The number of hydrogen-bond donors (Lipinski definition) is 1. The van der Waals surface area contributed by atoms with E-state index in [4.69, 9.17) is 11.6 Å². The third-order valence-electron chi connectivity index (χ3n) is 3.46. The van der Waals surface area contributed by atoms with E-state index >= 15 is 0 Å². The van der Waals surface area contributed by atoms with Gasteiger partial charge in [-0.15, -0.1) is 5.10 Å². The number of halogens is 1. The molecule has 0 amide bonds. The summed E-state index contributed by atoms with van der Waals surface area (Å²) in [5, 5.41) is 11.4. The zero-order chi connectivity index (χ0) is 10.7. The van der Waals surface area contributed by atoms with Crippen molar-refractivity contribution in [2.24, 2.45) is 5.41 Å². The molecule has 1 saturated carbocycles. The van der Waals surface area contributed by atoms with Crippen LogP contribution in [0.1, 0.15) is 32.6 Å². The fraction of sp³-hybridized carbons (Fsp3) is 0.636.